The summed E-state index contributed by atoms with van der Waals surface area (Å²) in [4.78, 5) is 53.8. The highest BCUT2D eigenvalue weighted by Gasteiger charge is 2.50. The summed E-state index contributed by atoms with van der Waals surface area (Å²) in [5.74, 6) is -5.08. The van der Waals surface area contributed by atoms with Crippen molar-refractivity contribution >= 4 is 37.8 Å². The maximum Gasteiger partial charge on any atom is 0.310 e. The number of aliphatic carboxylic acids is 1. The van der Waals surface area contributed by atoms with Crippen LogP contribution in [0.25, 0.3) is 0 Å². The maximum atomic E-state index is 13.6. The molecule has 3 unspecified atom stereocenters. The first-order valence-corrected chi connectivity index (χ1v) is 15.3. The molecule has 232 valence electrons. The third kappa shape index (κ3) is 9.05. The molecule has 10 nitrogen and oxygen atoms in total. The van der Waals surface area contributed by atoms with Crippen LogP contribution in [-0.4, -0.2) is 63.3 Å². The highest BCUT2D eigenvalue weighted by molar-refractivity contribution is 7.25. The zero-order chi connectivity index (χ0) is 32.1. The van der Waals surface area contributed by atoms with Crippen LogP contribution in [0.5, 0.6) is 0 Å². The van der Waals surface area contributed by atoms with Crippen molar-refractivity contribution in [2.24, 2.45) is 5.92 Å². The lowest BCUT2D eigenvalue weighted by molar-refractivity contribution is -0.150. The summed E-state index contributed by atoms with van der Waals surface area (Å²) in [5, 5.41) is 24.5. The average molecular weight is 620 g/mol. The first-order valence-electron chi connectivity index (χ1n) is 14.5. The maximum absolute atomic E-state index is 13.6. The molecule has 3 rings (SSSR count). The van der Waals surface area contributed by atoms with E-state index in [-0.39, 0.29) is 17.9 Å². The summed E-state index contributed by atoms with van der Waals surface area (Å²) >= 11 is 0. The SMILES string of the molecule is CCCN(CCC)C(=O)c1cccc(C(=O)NC(Cc2ccccc2)C(O)(P=O)C(CC(=O)Nc2ccccc2)C(=O)O)c1. The predicted molar refractivity (Wildman–Crippen MR) is 168 cm³/mol. The van der Waals surface area contributed by atoms with Gasteiger partial charge in [-0.1, -0.05) is 68.4 Å². The minimum atomic E-state index is -2.59. The van der Waals surface area contributed by atoms with Crippen molar-refractivity contribution in [2.75, 3.05) is 18.4 Å². The van der Waals surface area contributed by atoms with Gasteiger partial charge < -0.3 is 25.7 Å². The fourth-order valence-electron chi connectivity index (χ4n) is 4.94. The topological polar surface area (TPSA) is 153 Å². The number of carboxylic acids is 1. The highest BCUT2D eigenvalue weighted by atomic mass is 31.1. The lowest BCUT2D eigenvalue weighted by Gasteiger charge is -2.35. The van der Waals surface area contributed by atoms with E-state index < -0.39 is 50.0 Å². The number of aliphatic hydroxyl groups is 1. The summed E-state index contributed by atoms with van der Waals surface area (Å²) in [6, 6.07) is 21.7. The molecule has 3 amide bonds. The lowest BCUT2D eigenvalue weighted by atomic mass is 9.88. The molecular formula is C33H38N3O7P. The van der Waals surface area contributed by atoms with Gasteiger partial charge in [0.25, 0.3) is 11.8 Å². The van der Waals surface area contributed by atoms with Gasteiger partial charge in [-0.25, -0.2) is 0 Å². The minimum absolute atomic E-state index is 0.0954. The summed E-state index contributed by atoms with van der Waals surface area (Å²) < 4.78 is 12.7. The number of carbonyl (C=O) groups excluding carboxylic acids is 3. The van der Waals surface area contributed by atoms with Crippen molar-refractivity contribution in [3.63, 3.8) is 0 Å². The fourth-order valence-corrected chi connectivity index (χ4v) is 5.55. The Hall–Kier alpha value is -4.40. The molecule has 0 bridgehead atoms. The van der Waals surface area contributed by atoms with E-state index >= 15 is 0 Å². The van der Waals surface area contributed by atoms with Gasteiger partial charge in [-0.2, -0.15) is 0 Å². The number of rotatable bonds is 16. The Morgan fingerprint density at radius 3 is 2.02 bits per heavy atom. The second-order valence-corrected chi connectivity index (χ2v) is 11.4. The van der Waals surface area contributed by atoms with E-state index in [4.69, 9.17) is 0 Å². The molecule has 0 radical (unpaired) electrons. The Bertz CT molecular complexity index is 1430. The van der Waals surface area contributed by atoms with Crippen LogP contribution in [0.3, 0.4) is 0 Å². The van der Waals surface area contributed by atoms with Gasteiger partial charge in [0.05, 0.1) is 6.04 Å². The van der Waals surface area contributed by atoms with E-state index in [1.54, 1.807) is 77.7 Å². The number of amides is 3. The Morgan fingerprint density at radius 1 is 0.864 bits per heavy atom. The number of para-hydroxylation sites is 1. The summed E-state index contributed by atoms with van der Waals surface area (Å²) in [5.41, 5.74) is 1.44. The number of nitrogens with one attached hydrogen (secondary N) is 2. The Labute approximate surface area is 258 Å². The van der Waals surface area contributed by atoms with E-state index in [1.165, 1.54) is 12.1 Å². The molecule has 0 aromatic heterocycles. The highest BCUT2D eigenvalue weighted by Crippen LogP contribution is 2.37. The van der Waals surface area contributed by atoms with Crippen LogP contribution >= 0.6 is 8.46 Å². The molecule has 0 heterocycles. The largest absolute Gasteiger partial charge is 0.481 e. The quantitative estimate of drug-likeness (QED) is 0.165. The minimum Gasteiger partial charge on any atom is -0.481 e. The number of hydrogen-bond donors (Lipinski definition) is 4. The number of benzene rings is 3. The molecule has 0 aliphatic heterocycles. The zero-order valence-electron chi connectivity index (χ0n) is 24.8. The molecule has 0 spiro atoms. The van der Waals surface area contributed by atoms with E-state index in [1.807, 2.05) is 13.8 Å². The van der Waals surface area contributed by atoms with Crippen LogP contribution in [-0.2, 0) is 20.6 Å². The molecular weight excluding hydrogens is 581 g/mol. The van der Waals surface area contributed by atoms with Crippen LogP contribution in [0, 0.1) is 5.92 Å². The van der Waals surface area contributed by atoms with Crippen LogP contribution in [0.2, 0.25) is 0 Å². The molecule has 4 N–H and O–H groups in total. The predicted octanol–water partition coefficient (Wildman–Crippen LogP) is 5.00. The van der Waals surface area contributed by atoms with Gasteiger partial charge >= 0.3 is 5.97 Å². The van der Waals surface area contributed by atoms with Gasteiger partial charge in [0.1, 0.15) is 5.92 Å². The van der Waals surface area contributed by atoms with Crippen LogP contribution in [0.4, 0.5) is 5.69 Å². The molecule has 0 aliphatic rings. The Morgan fingerprint density at radius 2 is 1.45 bits per heavy atom. The van der Waals surface area contributed by atoms with Crippen molar-refractivity contribution in [3.05, 3.63) is 102 Å². The van der Waals surface area contributed by atoms with E-state index in [0.717, 1.165) is 12.8 Å². The van der Waals surface area contributed by atoms with Gasteiger partial charge in [0.2, 0.25) is 5.91 Å². The monoisotopic (exact) mass is 619 g/mol. The number of carboxylic acid groups (broad SMARTS) is 1. The van der Waals surface area contributed by atoms with E-state index in [2.05, 4.69) is 10.6 Å². The van der Waals surface area contributed by atoms with Crippen LogP contribution in [0.1, 0.15) is 59.4 Å². The number of anilines is 1. The van der Waals surface area contributed by atoms with Gasteiger partial charge in [0.15, 0.2) is 13.8 Å². The van der Waals surface area contributed by atoms with E-state index in [9.17, 15) is 34.0 Å². The van der Waals surface area contributed by atoms with Crippen molar-refractivity contribution in [1.29, 1.82) is 0 Å². The number of hydrogen-bond acceptors (Lipinski definition) is 6. The smallest absolute Gasteiger partial charge is 0.310 e. The molecule has 0 saturated carbocycles. The molecule has 0 saturated heterocycles. The van der Waals surface area contributed by atoms with Gasteiger partial charge in [0, 0.05) is 36.3 Å². The average Bonchev–Trinajstić information content (AvgIpc) is 3.03. The zero-order valence-corrected chi connectivity index (χ0v) is 25.7. The summed E-state index contributed by atoms with van der Waals surface area (Å²) in [6.07, 6.45) is 0.732. The first-order chi connectivity index (χ1) is 21.1. The van der Waals surface area contributed by atoms with Gasteiger partial charge in [-0.15, -0.1) is 0 Å². The molecule has 0 aliphatic carbocycles. The van der Waals surface area contributed by atoms with E-state index in [0.29, 0.717) is 29.9 Å². The molecule has 3 aromatic carbocycles. The van der Waals surface area contributed by atoms with Crippen LogP contribution in [0.15, 0.2) is 84.9 Å². The lowest BCUT2D eigenvalue weighted by Crippen LogP contribution is -2.57. The van der Waals surface area contributed by atoms with Crippen molar-refractivity contribution in [3.8, 4) is 0 Å². The molecule has 44 heavy (non-hydrogen) atoms. The molecule has 0 fully saturated rings. The second kappa shape index (κ2) is 16.4. The third-order valence-corrected chi connectivity index (χ3v) is 8.07. The number of carbonyl (C=O) groups is 4. The second-order valence-electron chi connectivity index (χ2n) is 10.5. The van der Waals surface area contributed by atoms with Gasteiger partial charge in [-0.3, -0.25) is 23.7 Å². The third-order valence-electron chi connectivity index (χ3n) is 7.15. The standard InChI is InChI=1S/C33H38N3O7P/c1-3-18-36(19-4-2)31(39)25-15-11-14-24(21-25)30(38)35-28(20-23-12-7-5-8-13-23)33(42,44-43)27(32(40)41)22-29(37)34-26-16-9-6-10-17-26/h5-17,21,27-28,42H,3-4,18-20,22H2,1-2H3,(H,34,37)(H,35,38)(H,40,41). The molecule has 3 atom stereocenters. The summed E-state index contributed by atoms with van der Waals surface area (Å²) in [7, 11) is -0.998. The van der Waals surface area contributed by atoms with Crippen molar-refractivity contribution in [1.82, 2.24) is 10.2 Å². The number of nitrogens with zero attached hydrogens (tertiary/aromatic N) is 1. The normalized spacial score (nSPS) is 13.7. The van der Waals surface area contributed by atoms with Crippen LogP contribution < -0.4 is 10.6 Å². The fraction of sp³-hybridized carbons (Fsp3) is 0.333. The Kier molecular flexibility index (Phi) is 12.7. The molecule has 11 heteroatoms. The molecule has 3 aromatic rings. The van der Waals surface area contributed by atoms with Gasteiger partial charge in [-0.05, 0) is 55.2 Å². The summed E-state index contributed by atoms with van der Waals surface area (Å²) in [6.45, 7) is 5.07. The van der Waals surface area contributed by atoms with Crippen molar-refractivity contribution < 1.29 is 34.0 Å². The Balaban J connectivity index is 1.94. The van der Waals surface area contributed by atoms with Crippen molar-refractivity contribution in [2.45, 2.75) is 50.9 Å². The first kappa shape index (κ1) is 34.1.